The first-order valence-electron chi connectivity index (χ1n) is 6.08. The molecule has 2 N–H and O–H groups in total. The van der Waals surface area contributed by atoms with Crippen molar-refractivity contribution in [1.82, 2.24) is 9.97 Å². The van der Waals surface area contributed by atoms with Crippen LogP contribution in [-0.2, 0) is 6.42 Å². The van der Waals surface area contributed by atoms with Crippen molar-refractivity contribution < 1.29 is 4.74 Å². The zero-order valence-corrected chi connectivity index (χ0v) is 9.78. The molecular weight excluding hydrogens is 202 g/mol. The molecule has 1 saturated carbocycles. The molecule has 4 nitrogen and oxygen atoms in total. The van der Waals surface area contributed by atoms with Crippen LogP contribution in [0.4, 0.5) is 5.82 Å². The van der Waals surface area contributed by atoms with Crippen LogP contribution in [-0.4, -0.2) is 16.1 Å². The van der Waals surface area contributed by atoms with Crippen LogP contribution < -0.4 is 10.5 Å². The van der Waals surface area contributed by atoms with Gasteiger partial charge in [-0.05, 0) is 25.7 Å². The number of aromatic nitrogens is 2. The van der Waals surface area contributed by atoms with Gasteiger partial charge in [0.1, 0.15) is 17.7 Å². The van der Waals surface area contributed by atoms with E-state index in [-0.39, 0.29) is 0 Å². The van der Waals surface area contributed by atoms with E-state index in [1.807, 2.05) is 6.92 Å². The second-order valence-electron chi connectivity index (χ2n) is 4.28. The van der Waals surface area contributed by atoms with E-state index >= 15 is 0 Å². The molecule has 16 heavy (non-hydrogen) atoms. The normalized spacial score (nSPS) is 17.3. The lowest BCUT2D eigenvalue weighted by molar-refractivity contribution is 0.148. The van der Waals surface area contributed by atoms with E-state index < -0.39 is 0 Å². The molecule has 1 fully saturated rings. The van der Waals surface area contributed by atoms with Gasteiger partial charge in [0.2, 0.25) is 5.88 Å². The highest BCUT2D eigenvalue weighted by Crippen LogP contribution is 2.22. The molecule has 1 aliphatic carbocycles. The third kappa shape index (κ3) is 2.84. The first-order chi connectivity index (χ1) is 7.78. The Bertz CT molecular complexity index is 348. The summed E-state index contributed by atoms with van der Waals surface area (Å²) in [5, 5.41) is 0. The van der Waals surface area contributed by atoms with Crippen molar-refractivity contribution in [2.75, 3.05) is 5.73 Å². The summed E-state index contributed by atoms with van der Waals surface area (Å²) in [7, 11) is 0. The Morgan fingerprint density at radius 3 is 2.75 bits per heavy atom. The number of nitrogens with two attached hydrogens (primary N) is 1. The SMILES string of the molecule is CCc1nc(N)cc(OC2CCCCC2)n1. The predicted molar refractivity (Wildman–Crippen MR) is 63.3 cm³/mol. The minimum absolute atomic E-state index is 0.313. The number of aryl methyl sites for hydroxylation is 1. The first-order valence-corrected chi connectivity index (χ1v) is 6.08. The van der Waals surface area contributed by atoms with E-state index in [1.165, 1.54) is 19.3 Å². The van der Waals surface area contributed by atoms with E-state index in [0.717, 1.165) is 25.1 Å². The summed E-state index contributed by atoms with van der Waals surface area (Å²) in [6, 6.07) is 1.72. The summed E-state index contributed by atoms with van der Waals surface area (Å²) in [6.45, 7) is 2.01. The maximum absolute atomic E-state index is 5.85. The quantitative estimate of drug-likeness (QED) is 0.851. The Hall–Kier alpha value is -1.32. The predicted octanol–water partition coefficient (Wildman–Crippen LogP) is 2.33. The number of rotatable bonds is 3. The van der Waals surface area contributed by atoms with Crippen molar-refractivity contribution in [1.29, 1.82) is 0 Å². The molecular formula is C12H19N3O. The van der Waals surface area contributed by atoms with E-state index in [0.29, 0.717) is 17.8 Å². The van der Waals surface area contributed by atoms with Crippen LogP contribution >= 0.6 is 0 Å². The van der Waals surface area contributed by atoms with Crippen molar-refractivity contribution in [3.63, 3.8) is 0 Å². The maximum Gasteiger partial charge on any atom is 0.218 e. The van der Waals surface area contributed by atoms with Gasteiger partial charge in [-0.25, -0.2) is 4.98 Å². The summed E-state index contributed by atoms with van der Waals surface area (Å²) in [6.07, 6.45) is 7.19. The van der Waals surface area contributed by atoms with E-state index in [1.54, 1.807) is 6.07 Å². The second kappa shape index (κ2) is 5.14. The van der Waals surface area contributed by atoms with Crippen LogP contribution in [0, 0.1) is 0 Å². The number of nitrogens with zero attached hydrogens (tertiary/aromatic N) is 2. The summed E-state index contributed by atoms with van der Waals surface area (Å²) >= 11 is 0. The van der Waals surface area contributed by atoms with Crippen LogP contribution in [0.15, 0.2) is 6.07 Å². The molecule has 0 aromatic carbocycles. The molecule has 0 spiro atoms. The topological polar surface area (TPSA) is 61.0 Å². The van der Waals surface area contributed by atoms with Gasteiger partial charge in [-0.3, -0.25) is 0 Å². The minimum Gasteiger partial charge on any atom is -0.474 e. The first kappa shape index (κ1) is 11.2. The average Bonchev–Trinajstić information content (AvgIpc) is 2.29. The molecule has 88 valence electrons. The lowest BCUT2D eigenvalue weighted by Gasteiger charge is -2.22. The molecule has 4 heteroatoms. The van der Waals surface area contributed by atoms with Gasteiger partial charge < -0.3 is 10.5 Å². The van der Waals surface area contributed by atoms with Crippen LogP contribution in [0.1, 0.15) is 44.9 Å². The summed E-state index contributed by atoms with van der Waals surface area (Å²) < 4.78 is 5.85. The standard InChI is InChI=1S/C12H19N3O/c1-2-11-14-10(13)8-12(15-11)16-9-6-4-3-5-7-9/h8-9H,2-7H2,1H3,(H2,13,14,15). The molecule has 0 aliphatic heterocycles. The zero-order chi connectivity index (χ0) is 11.4. The van der Waals surface area contributed by atoms with Crippen LogP contribution in [0.25, 0.3) is 0 Å². The zero-order valence-electron chi connectivity index (χ0n) is 9.78. The monoisotopic (exact) mass is 221 g/mol. The molecule has 0 atom stereocenters. The second-order valence-corrected chi connectivity index (χ2v) is 4.28. The third-order valence-corrected chi connectivity index (χ3v) is 2.92. The lowest BCUT2D eigenvalue weighted by Crippen LogP contribution is -2.20. The summed E-state index contributed by atoms with van der Waals surface area (Å²) in [5.74, 6) is 1.89. The van der Waals surface area contributed by atoms with Crippen molar-refractivity contribution in [2.24, 2.45) is 0 Å². The number of hydrogen-bond acceptors (Lipinski definition) is 4. The van der Waals surface area contributed by atoms with Crippen molar-refractivity contribution >= 4 is 5.82 Å². The van der Waals surface area contributed by atoms with Gasteiger partial charge in [-0.2, -0.15) is 4.98 Å². The molecule has 2 rings (SSSR count). The van der Waals surface area contributed by atoms with Gasteiger partial charge in [0.15, 0.2) is 0 Å². The number of nitrogen functional groups attached to an aromatic ring is 1. The van der Waals surface area contributed by atoms with Crippen molar-refractivity contribution in [2.45, 2.75) is 51.6 Å². The highest BCUT2D eigenvalue weighted by molar-refractivity contribution is 5.32. The fourth-order valence-corrected chi connectivity index (χ4v) is 2.06. The van der Waals surface area contributed by atoms with Crippen LogP contribution in [0.5, 0.6) is 5.88 Å². The Morgan fingerprint density at radius 1 is 1.31 bits per heavy atom. The van der Waals surface area contributed by atoms with Gasteiger partial charge in [0.25, 0.3) is 0 Å². The number of hydrogen-bond donors (Lipinski definition) is 1. The van der Waals surface area contributed by atoms with E-state index in [4.69, 9.17) is 10.5 Å². The fourth-order valence-electron chi connectivity index (χ4n) is 2.06. The molecule has 0 saturated heterocycles. The summed E-state index contributed by atoms with van der Waals surface area (Å²) in [5.41, 5.74) is 5.71. The molecule has 0 amide bonds. The fraction of sp³-hybridized carbons (Fsp3) is 0.667. The van der Waals surface area contributed by atoms with Gasteiger partial charge in [-0.15, -0.1) is 0 Å². The van der Waals surface area contributed by atoms with Gasteiger partial charge >= 0.3 is 0 Å². The Morgan fingerprint density at radius 2 is 2.06 bits per heavy atom. The minimum atomic E-state index is 0.313. The Kier molecular flexibility index (Phi) is 3.59. The van der Waals surface area contributed by atoms with Crippen LogP contribution in [0.2, 0.25) is 0 Å². The highest BCUT2D eigenvalue weighted by atomic mass is 16.5. The molecule has 1 heterocycles. The lowest BCUT2D eigenvalue weighted by atomic mass is 9.98. The molecule has 0 radical (unpaired) electrons. The highest BCUT2D eigenvalue weighted by Gasteiger charge is 2.15. The Labute approximate surface area is 96.2 Å². The summed E-state index contributed by atoms with van der Waals surface area (Å²) in [4.78, 5) is 8.46. The molecule has 1 aliphatic rings. The van der Waals surface area contributed by atoms with Gasteiger partial charge in [0, 0.05) is 12.5 Å². The largest absolute Gasteiger partial charge is 0.474 e. The molecule has 0 unspecified atom stereocenters. The molecule has 0 bridgehead atoms. The molecule has 1 aromatic heterocycles. The number of anilines is 1. The molecule has 1 aromatic rings. The van der Waals surface area contributed by atoms with Crippen LogP contribution in [0.3, 0.4) is 0 Å². The third-order valence-electron chi connectivity index (χ3n) is 2.92. The van der Waals surface area contributed by atoms with E-state index in [9.17, 15) is 0 Å². The van der Waals surface area contributed by atoms with Crippen molar-refractivity contribution in [3.8, 4) is 5.88 Å². The van der Waals surface area contributed by atoms with E-state index in [2.05, 4.69) is 9.97 Å². The number of ether oxygens (including phenoxy) is 1. The smallest absolute Gasteiger partial charge is 0.218 e. The average molecular weight is 221 g/mol. The van der Waals surface area contributed by atoms with Gasteiger partial charge in [0.05, 0.1) is 0 Å². The van der Waals surface area contributed by atoms with Crippen molar-refractivity contribution in [3.05, 3.63) is 11.9 Å². The van der Waals surface area contributed by atoms with Gasteiger partial charge in [-0.1, -0.05) is 13.3 Å². The maximum atomic E-state index is 5.85. The Balaban J connectivity index is 2.04.